The number of rotatable bonds is 5. The molecule has 0 heterocycles. The van der Waals surface area contributed by atoms with Gasteiger partial charge in [0, 0.05) is 13.1 Å². The maximum absolute atomic E-state index is 10.5. The lowest BCUT2D eigenvalue weighted by molar-refractivity contribution is -0.0137. The van der Waals surface area contributed by atoms with Gasteiger partial charge in [-0.05, 0) is 44.1 Å². The second-order valence-corrected chi connectivity index (χ2v) is 6.65. The zero-order valence-corrected chi connectivity index (χ0v) is 12.6. The molecule has 0 radical (unpaired) electrons. The molecular weight excluding hydrogens is 250 g/mol. The number of hydrogen-bond donors (Lipinski definition) is 3. The number of aliphatic hydroxyl groups is 2. The van der Waals surface area contributed by atoms with Crippen molar-refractivity contribution in [1.29, 1.82) is 0 Å². The van der Waals surface area contributed by atoms with Crippen molar-refractivity contribution in [2.45, 2.75) is 50.7 Å². The lowest BCUT2D eigenvalue weighted by atomic mass is 9.79. The van der Waals surface area contributed by atoms with Crippen LogP contribution < -0.4 is 5.32 Å². The van der Waals surface area contributed by atoms with Crippen molar-refractivity contribution in [2.24, 2.45) is 5.92 Å². The Morgan fingerprint density at radius 1 is 1.25 bits per heavy atom. The van der Waals surface area contributed by atoms with Gasteiger partial charge in [0.05, 0.1) is 11.2 Å². The molecular formula is C17H27NO2. The maximum atomic E-state index is 10.5. The summed E-state index contributed by atoms with van der Waals surface area (Å²) in [6.45, 7) is 5.06. The Morgan fingerprint density at radius 3 is 2.45 bits per heavy atom. The van der Waals surface area contributed by atoms with Gasteiger partial charge in [0.25, 0.3) is 0 Å². The lowest BCUT2D eigenvalue weighted by Crippen LogP contribution is -2.46. The first-order chi connectivity index (χ1) is 9.41. The van der Waals surface area contributed by atoms with E-state index in [1.54, 1.807) is 0 Å². The largest absolute Gasteiger partial charge is 0.389 e. The Morgan fingerprint density at radius 2 is 1.85 bits per heavy atom. The summed E-state index contributed by atoms with van der Waals surface area (Å²) in [5, 5.41) is 24.3. The normalized spacial score (nSPS) is 29.9. The Kier molecular flexibility index (Phi) is 4.84. The van der Waals surface area contributed by atoms with Crippen LogP contribution >= 0.6 is 0 Å². The summed E-state index contributed by atoms with van der Waals surface area (Å²) < 4.78 is 0. The quantitative estimate of drug-likeness (QED) is 0.775. The van der Waals surface area contributed by atoms with E-state index in [1.807, 2.05) is 37.3 Å². The van der Waals surface area contributed by atoms with E-state index in [2.05, 4.69) is 12.2 Å². The smallest absolute Gasteiger partial charge is 0.0992 e. The molecule has 0 aliphatic heterocycles. The third-order valence-corrected chi connectivity index (χ3v) is 4.52. The molecule has 1 aromatic carbocycles. The van der Waals surface area contributed by atoms with Gasteiger partial charge in [0.2, 0.25) is 0 Å². The third-order valence-electron chi connectivity index (χ3n) is 4.52. The molecule has 0 aromatic heterocycles. The molecule has 3 N–H and O–H groups in total. The molecule has 1 saturated carbocycles. The van der Waals surface area contributed by atoms with Crippen molar-refractivity contribution in [3.8, 4) is 0 Å². The Bertz CT molecular complexity index is 408. The molecule has 0 saturated heterocycles. The molecule has 0 bridgehead atoms. The summed E-state index contributed by atoms with van der Waals surface area (Å²) in [5.74, 6) is 0.725. The second kappa shape index (κ2) is 6.25. The van der Waals surface area contributed by atoms with Crippen LogP contribution in [-0.2, 0) is 5.60 Å². The van der Waals surface area contributed by atoms with Crippen molar-refractivity contribution < 1.29 is 10.2 Å². The van der Waals surface area contributed by atoms with Crippen LogP contribution in [0.4, 0.5) is 0 Å². The van der Waals surface area contributed by atoms with Crippen LogP contribution in [0.2, 0.25) is 0 Å². The SMILES string of the molecule is CC1CCC(O)(CNCC(C)(O)c2ccccc2)CC1. The van der Waals surface area contributed by atoms with Gasteiger partial charge in [0.1, 0.15) is 0 Å². The Labute approximate surface area is 122 Å². The fraction of sp³-hybridized carbons (Fsp3) is 0.647. The van der Waals surface area contributed by atoms with Gasteiger partial charge in [-0.2, -0.15) is 0 Å². The second-order valence-electron chi connectivity index (χ2n) is 6.65. The number of nitrogens with one attached hydrogen (secondary N) is 1. The van der Waals surface area contributed by atoms with Crippen LogP contribution in [0.1, 0.15) is 45.1 Å². The average molecular weight is 277 g/mol. The van der Waals surface area contributed by atoms with Gasteiger partial charge in [-0.3, -0.25) is 0 Å². The first kappa shape index (κ1) is 15.5. The van der Waals surface area contributed by atoms with Crippen LogP contribution in [0.3, 0.4) is 0 Å². The van der Waals surface area contributed by atoms with Gasteiger partial charge in [-0.1, -0.05) is 37.3 Å². The topological polar surface area (TPSA) is 52.5 Å². The summed E-state index contributed by atoms with van der Waals surface area (Å²) in [4.78, 5) is 0. The molecule has 1 aliphatic carbocycles. The van der Waals surface area contributed by atoms with E-state index in [4.69, 9.17) is 0 Å². The molecule has 1 aromatic rings. The van der Waals surface area contributed by atoms with Gasteiger partial charge < -0.3 is 15.5 Å². The van der Waals surface area contributed by atoms with E-state index < -0.39 is 11.2 Å². The molecule has 1 atom stereocenters. The van der Waals surface area contributed by atoms with Crippen LogP contribution in [0, 0.1) is 5.92 Å². The van der Waals surface area contributed by atoms with E-state index in [-0.39, 0.29) is 0 Å². The van der Waals surface area contributed by atoms with Crippen molar-refractivity contribution in [1.82, 2.24) is 5.32 Å². The third kappa shape index (κ3) is 4.05. The Hall–Kier alpha value is -0.900. The molecule has 20 heavy (non-hydrogen) atoms. The molecule has 112 valence electrons. The number of hydrogen-bond acceptors (Lipinski definition) is 3. The minimum absolute atomic E-state index is 0.453. The summed E-state index contributed by atoms with van der Waals surface area (Å²) in [7, 11) is 0. The first-order valence-corrected chi connectivity index (χ1v) is 7.62. The predicted molar refractivity (Wildman–Crippen MR) is 81.5 cm³/mol. The van der Waals surface area contributed by atoms with Gasteiger partial charge in [-0.25, -0.2) is 0 Å². The molecule has 3 nitrogen and oxygen atoms in total. The predicted octanol–water partition coefficient (Wildman–Crippen LogP) is 2.42. The lowest BCUT2D eigenvalue weighted by Gasteiger charge is -2.36. The van der Waals surface area contributed by atoms with Crippen molar-refractivity contribution >= 4 is 0 Å². The summed E-state index contributed by atoms with van der Waals surface area (Å²) in [5.41, 5.74) is -0.601. The van der Waals surface area contributed by atoms with Crippen molar-refractivity contribution in [2.75, 3.05) is 13.1 Å². The van der Waals surface area contributed by atoms with E-state index in [0.717, 1.165) is 37.2 Å². The molecule has 1 unspecified atom stereocenters. The van der Waals surface area contributed by atoms with Crippen molar-refractivity contribution in [3.05, 3.63) is 35.9 Å². The number of benzene rings is 1. The van der Waals surface area contributed by atoms with Crippen LogP contribution in [-0.4, -0.2) is 28.9 Å². The zero-order valence-electron chi connectivity index (χ0n) is 12.6. The van der Waals surface area contributed by atoms with Crippen LogP contribution in [0.25, 0.3) is 0 Å². The van der Waals surface area contributed by atoms with E-state index in [1.165, 1.54) is 0 Å². The highest BCUT2D eigenvalue weighted by atomic mass is 16.3. The first-order valence-electron chi connectivity index (χ1n) is 7.62. The highest BCUT2D eigenvalue weighted by molar-refractivity contribution is 5.21. The maximum Gasteiger partial charge on any atom is 0.0992 e. The fourth-order valence-electron chi connectivity index (χ4n) is 2.91. The summed E-state index contributed by atoms with van der Waals surface area (Å²) in [6, 6.07) is 9.66. The van der Waals surface area contributed by atoms with Crippen LogP contribution in [0.15, 0.2) is 30.3 Å². The highest BCUT2D eigenvalue weighted by Crippen LogP contribution is 2.31. The molecule has 1 fully saturated rings. The van der Waals surface area contributed by atoms with Crippen LogP contribution in [0.5, 0.6) is 0 Å². The van der Waals surface area contributed by atoms with Gasteiger partial charge in [0.15, 0.2) is 0 Å². The molecule has 0 amide bonds. The van der Waals surface area contributed by atoms with Crippen molar-refractivity contribution in [3.63, 3.8) is 0 Å². The van der Waals surface area contributed by atoms with E-state index >= 15 is 0 Å². The molecule has 3 heteroatoms. The monoisotopic (exact) mass is 277 g/mol. The molecule has 1 aliphatic rings. The Balaban J connectivity index is 1.83. The van der Waals surface area contributed by atoms with E-state index in [0.29, 0.717) is 13.1 Å². The van der Waals surface area contributed by atoms with Gasteiger partial charge >= 0.3 is 0 Å². The van der Waals surface area contributed by atoms with Gasteiger partial charge in [-0.15, -0.1) is 0 Å². The standard InChI is InChI=1S/C17H27NO2/c1-14-8-10-17(20,11-9-14)13-18-12-16(2,19)15-6-4-3-5-7-15/h3-7,14,18-20H,8-13H2,1-2H3. The minimum atomic E-state index is -0.903. The fourth-order valence-corrected chi connectivity index (χ4v) is 2.91. The average Bonchev–Trinajstić information content (AvgIpc) is 2.43. The highest BCUT2D eigenvalue weighted by Gasteiger charge is 2.32. The summed E-state index contributed by atoms with van der Waals surface area (Å²) in [6.07, 6.45) is 3.89. The summed E-state index contributed by atoms with van der Waals surface area (Å²) >= 11 is 0. The minimum Gasteiger partial charge on any atom is -0.389 e. The van der Waals surface area contributed by atoms with E-state index in [9.17, 15) is 10.2 Å². The molecule has 0 spiro atoms. The molecule has 2 rings (SSSR count). The zero-order chi connectivity index (χ0) is 14.6.